The van der Waals surface area contributed by atoms with Gasteiger partial charge in [0.05, 0.1) is 13.2 Å². The number of hydrogen-bond acceptors (Lipinski definition) is 9. The number of hydrogen-bond donors (Lipinski definition) is 2. The zero-order chi connectivity index (χ0) is 23.7. The summed E-state index contributed by atoms with van der Waals surface area (Å²) in [7, 11) is -2.59. The van der Waals surface area contributed by atoms with Crippen molar-refractivity contribution in [2.45, 2.75) is 25.0 Å². The van der Waals surface area contributed by atoms with Crippen molar-refractivity contribution < 1.29 is 31.8 Å². The van der Waals surface area contributed by atoms with Gasteiger partial charge in [-0.15, -0.1) is 11.3 Å². The lowest BCUT2D eigenvalue weighted by Crippen LogP contribution is -2.10. The molecule has 174 valence electrons. The van der Waals surface area contributed by atoms with Gasteiger partial charge in [-0.3, -0.25) is 9.35 Å². The molecule has 11 heteroatoms. The smallest absolute Gasteiger partial charge is 0.304 e. The van der Waals surface area contributed by atoms with Gasteiger partial charge in [-0.2, -0.15) is 8.42 Å². The molecule has 3 aromatic rings. The maximum atomic E-state index is 11.3. The number of methoxy groups -OCH3 is 1. The predicted molar refractivity (Wildman–Crippen MR) is 122 cm³/mol. The Balaban J connectivity index is 0.000000235. The van der Waals surface area contributed by atoms with Gasteiger partial charge in [0.2, 0.25) is 0 Å². The summed E-state index contributed by atoms with van der Waals surface area (Å²) in [6.45, 7) is 7.17. The van der Waals surface area contributed by atoms with Crippen molar-refractivity contribution in [3.05, 3.63) is 52.1 Å². The second kappa shape index (κ2) is 11.9. The molecule has 0 fully saturated rings. The van der Waals surface area contributed by atoms with Gasteiger partial charge in [-0.25, -0.2) is 0 Å². The van der Waals surface area contributed by atoms with Crippen molar-refractivity contribution in [2.75, 3.05) is 32.4 Å². The van der Waals surface area contributed by atoms with E-state index < -0.39 is 10.1 Å². The molecular formula is C21H26N2O7S2. The highest BCUT2D eigenvalue weighted by atomic mass is 32.3. The average Bonchev–Trinajstić information content (AvgIpc) is 3.31. The number of rotatable bonds is 9. The highest BCUT2D eigenvalue weighted by Crippen LogP contribution is 2.34. The Labute approximate surface area is 191 Å². The van der Waals surface area contributed by atoms with E-state index >= 15 is 0 Å². The van der Waals surface area contributed by atoms with Crippen LogP contribution in [0.4, 0.5) is 5.82 Å². The summed E-state index contributed by atoms with van der Waals surface area (Å²) >= 11 is 1.02. The van der Waals surface area contributed by atoms with Gasteiger partial charge in [-0.05, 0) is 32.4 Å². The quantitative estimate of drug-likeness (QED) is 0.200. The van der Waals surface area contributed by atoms with Crippen molar-refractivity contribution in [1.82, 2.24) is 5.16 Å². The summed E-state index contributed by atoms with van der Waals surface area (Å²) in [5.41, 5.74) is 2.63. The molecule has 0 amide bonds. The maximum absolute atomic E-state index is 11.3. The number of nitrogens with one attached hydrogen (secondary N) is 1. The van der Waals surface area contributed by atoms with Crippen molar-refractivity contribution in [1.29, 1.82) is 0 Å². The van der Waals surface area contributed by atoms with Crippen LogP contribution in [0.5, 0.6) is 0 Å². The first-order valence-corrected chi connectivity index (χ1v) is 11.8. The Kier molecular flexibility index (Phi) is 9.54. The molecule has 2 N–H and O–H groups in total. The minimum Gasteiger partial charge on any atom is -0.382 e. The van der Waals surface area contributed by atoms with E-state index in [0.717, 1.165) is 33.4 Å². The number of ether oxygens (including phenoxy) is 2. The van der Waals surface area contributed by atoms with Crippen LogP contribution in [-0.4, -0.2) is 51.5 Å². The fourth-order valence-electron chi connectivity index (χ4n) is 2.54. The molecule has 0 radical (unpaired) electrons. The molecule has 0 spiro atoms. The van der Waals surface area contributed by atoms with Gasteiger partial charge in [0.15, 0.2) is 10.0 Å². The van der Waals surface area contributed by atoms with E-state index in [2.05, 4.69) is 10.5 Å². The van der Waals surface area contributed by atoms with Gasteiger partial charge >= 0.3 is 10.1 Å². The maximum Gasteiger partial charge on any atom is 0.304 e. The molecule has 0 atom stereocenters. The normalized spacial score (nSPS) is 11.0. The molecule has 32 heavy (non-hydrogen) atoms. The summed E-state index contributed by atoms with van der Waals surface area (Å²) in [4.78, 5) is 11.3. The number of nitrogens with zero attached hydrogens (tertiary/aromatic N) is 1. The van der Waals surface area contributed by atoms with Crippen LogP contribution in [0.3, 0.4) is 0 Å². The van der Waals surface area contributed by atoms with Crippen LogP contribution < -0.4 is 5.32 Å². The lowest BCUT2D eigenvalue weighted by molar-refractivity contribution is 0.0799. The minimum atomic E-state index is -4.23. The van der Waals surface area contributed by atoms with Crippen LogP contribution >= 0.6 is 11.3 Å². The minimum absolute atomic E-state index is 0.0705. The fourth-order valence-corrected chi connectivity index (χ4v) is 4.57. The highest BCUT2D eigenvalue weighted by molar-refractivity contribution is 7.88. The largest absolute Gasteiger partial charge is 0.382 e. The van der Waals surface area contributed by atoms with E-state index in [1.54, 1.807) is 44.4 Å². The van der Waals surface area contributed by atoms with Gasteiger partial charge < -0.3 is 19.3 Å². The van der Waals surface area contributed by atoms with E-state index in [-0.39, 0.29) is 4.21 Å². The van der Waals surface area contributed by atoms with Crippen LogP contribution in [0.15, 0.2) is 39.1 Å². The number of aromatic nitrogens is 1. The second-order valence-electron chi connectivity index (χ2n) is 6.71. The highest BCUT2D eigenvalue weighted by Gasteiger charge is 2.19. The van der Waals surface area contributed by atoms with Crippen molar-refractivity contribution in [2.24, 2.45) is 0 Å². The molecule has 0 saturated carbocycles. The van der Waals surface area contributed by atoms with Crippen LogP contribution in [-0.2, 0) is 19.6 Å². The summed E-state index contributed by atoms with van der Waals surface area (Å²) in [6, 6.07) is 8.20. The first-order chi connectivity index (χ1) is 15.2. The van der Waals surface area contributed by atoms with Crippen LogP contribution in [0.1, 0.15) is 26.6 Å². The molecule has 0 bridgehead atoms. The van der Waals surface area contributed by atoms with Gasteiger partial charge in [-0.1, -0.05) is 29.4 Å². The summed E-state index contributed by atoms with van der Waals surface area (Å²) < 4.78 is 46.7. The number of carbonyl (C=O) groups is 1. The van der Waals surface area contributed by atoms with E-state index in [0.29, 0.717) is 42.9 Å². The summed E-state index contributed by atoms with van der Waals surface area (Å²) in [5.74, 6) is 1.56. The number of aryl methyl sites for hydroxylation is 2. The number of thiophene rings is 1. The van der Waals surface area contributed by atoms with Crippen LogP contribution in [0, 0.1) is 20.8 Å². The number of anilines is 1. The predicted octanol–water partition coefficient (Wildman–Crippen LogP) is 4.11. The number of aldehydes is 1. The van der Waals surface area contributed by atoms with E-state index in [1.807, 2.05) is 13.8 Å². The molecule has 0 aliphatic heterocycles. The molecule has 1 aromatic carbocycles. The SMILES string of the molecule is COCCOCNc1noc(C)c1C.Cc1cc(-c2ccc(C=O)cc2)c(S(=O)(=O)O)s1. The number of benzene rings is 1. The summed E-state index contributed by atoms with van der Waals surface area (Å²) in [6.07, 6.45) is 0.715. The van der Waals surface area contributed by atoms with Gasteiger partial charge in [0.1, 0.15) is 18.8 Å². The van der Waals surface area contributed by atoms with Crippen molar-refractivity contribution in [3.63, 3.8) is 0 Å². The second-order valence-corrected chi connectivity index (χ2v) is 9.58. The average molecular weight is 483 g/mol. The molecule has 0 aliphatic carbocycles. The molecular weight excluding hydrogens is 456 g/mol. The third kappa shape index (κ3) is 7.24. The van der Waals surface area contributed by atoms with Gasteiger partial charge in [0, 0.05) is 28.7 Å². The number of carbonyl (C=O) groups excluding carboxylic acids is 1. The third-order valence-electron chi connectivity index (χ3n) is 4.34. The summed E-state index contributed by atoms with van der Waals surface area (Å²) in [5, 5.41) is 6.85. The molecule has 0 unspecified atom stereocenters. The van der Waals surface area contributed by atoms with Crippen LogP contribution in [0.25, 0.3) is 11.1 Å². The van der Waals surface area contributed by atoms with E-state index in [4.69, 9.17) is 14.0 Å². The third-order valence-corrected chi connectivity index (χ3v) is 6.76. The van der Waals surface area contributed by atoms with Crippen LogP contribution in [0.2, 0.25) is 0 Å². The first kappa shape index (κ1) is 25.7. The standard InChI is InChI=1S/C12H10O4S2.C9H16N2O3/c1-8-6-11(12(17-8)18(14,15)16)10-4-2-9(7-13)3-5-10;1-7-8(2)14-11-9(7)10-6-13-5-4-12-3/h2-7H,1H3,(H,14,15,16);4-6H2,1-3H3,(H,10,11). The molecule has 3 rings (SSSR count). The topological polar surface area (TPSA) is 128 Å². The van der Waals surface area contributed by atoms with E-state index in [9.17, 15) is 17.8 Å². The lowest BCUT2D eigenvalue weighted by atomic mass is 10.1. The Morgan fingerprint density at radius 1 is 1.19 bits per heavy atom. The Morgan fingerprint density at radius 2 is 1.88 bits per heavy atom. The van der Waals surface area contributed by atoms with Gasteiger partial charge in [0.25, 0.3) is 0 Å². The Hall–Kier alpha value is -2.57. The molecule has 2 heterocycles. The molecule has 0 aliphatic rings. The zero-order valence-electron chi connectivity index (χ0n) is 18.2. The van der Waals surface area contributed by atoms with Crippen molar-refractivity contribution >= 4 is 33.6 Å². The molecule has 9 nitrogen and oxygen atoms in total. The van der Waals surface area contributed by atoms with E-state index in [1.165, 1.54) is 0 Å². The fraction of sp³-hybridized carbons (Fsp3) is 0.333. The first-order valence-electron chi connectivity index (χ1n) is 9.54. The zero-order valence-corrected chi connectivity index (χ0v) is 19.9. The Bertz CT molecular complexity index is 1120. The molecule has 0 saturated heterocycles. The molecule has 2 aromatic heterocycles. The van der Waals surface area contributed by atoms with Crippen molar-refractivity contribution in [3.8, 4) is 11.1 Å². The lowest BCUT2D eigenvalue weighted by Gasteiger charge is -2.04. The Morgan fingerprint density at radius 3 is 2.41 bits per heavy atom. The monoisotopic (exact) mass is 482 g/mol.